The van der Waals surface area contributed by atoms with Gasteiger partial charge in [0, 0.05) is 12.0 Å². The fourth-order valence-corrected chi connectivity index (χ4v) is 1.25. The molecule has 1 aromatic carbocycles. The summed E-state index contributed by atoms with van der Waals surface area (Å²) in [5.74, 6) is 2.09. The Balaban J connectivity index is 0.000000686. The second kappa shape index (κ2) is 6.68. The number of nitrogens with zero attached hydrogens (tertiary/aromatic N) is 2. The molecule has 0 unspecified atom stereocenters. The maximum atomic E-state index is 5.11. The Morgan fingerprint density at radius 1 is 1.18 bits per heavy atom. The van der Waals surface area contributed by atoms with Crippen molar-refractivity contribution in [3.63, 3.8) is 0 Å². The molecular weight excluding hydrogens is 216 g/mol. The van der Waals surface area contributed by atoms with Crippen LogP contribution in [-0.2, 0) is 6.42 Å². The summed E-state index contributed by atoms with van der Waals surface area (Å²) in [5, 5.41) is 3.84. The number of methoxy groups -OCH3 is 1. The fraction of sp³-hybridized carbons (Fsp3) is 0.385. The van der Waals surface area contributed by atoms with E-state index >= 15 is 0 Å². The summed E-state index contributed by atoms with van der Waals surface area (Å²) in [4.78, 5) is 4.24. The highest BCUT2D eigenvalue weighted by Crippen LogP contribution is 2.20. The van der Waals surface area contributed by atoms with Gasteiger partial charge in [-0.3, -0.25) is 0 Å². The highest BCUT2D eigenvalue weighted by molar-refractivity contribution is 5.54. The van der Waals surface area contributed by atoms with Crippen molar-refractivity contribution in [3.8, 4) is 17.2 Å². The van der Waals surface area contributed by atoms with Crippen molar-refractivity contribution in [2.75, 3.05) is 7.11 Å². The first-order chi connectivity index (χ1) is 8.33. The van der Waals surface area contributed by atoms with Crippen molar-refractivity contribution in [2.45, 2.75) is 27.2 Å². The van der Waals surface area contributed by atoms with Gasteiger partial charge in [-0.2, -0.15) is 4.98 Å². The van der Waals surface area contributed by atoms with Crippen molar-refractivity contribution in [3.05, 3.63) is 30.1 Å². The van der Waals surface area contributed by atoms with Crippen molar-refractivity contribution < 1.29 is 9.26 Å². The van der Waals surface area contributed by atoms with Crippen LogP contribution in [0.2, 0.25) is 0 Å². The molecule has 2 aromatic rings. The lowest BCUT2D eigenvalue weighted by molar-refractivity contribution is 0.414. The predicted molar refractivity (Wildman–Crippen MR) is 67.0 cm³/mol. The van der Waals surface area contributed by atoms with Gasteiger partial charge in [-0.1, -0.05) is 25.9 Å². The van der Waals surface area contributed by atoms with Crippen molar-refractivity contribution in [1.29, 1.82) is 0 Å². The third kappa shape index (κ3) is 3.31. The minimum absolute atomic E-state index is 0.550. The van der Waals surface area contributed by atoms with Gasteiger partial charge >= 0.3 is 0 Å². The van der Waals surface area contributed by atoms with E-state index in [0.29, 0.717) is 5.89 Å². The van der Waals surface area contributed by atoms with Crippen LogP contribution < -0.4 is 4.74 Å². The Morgan fingerprint density at radius 2 is 1.82 bits per heavy atom. The molecule has 1 aromatic heterocycles. The summed E-state index contributed by atoms with van der Waals surface area (Å²) < 4.78 is 10.2. The second-order valence-electron chi connectivity index (χ2n) is 3.10. The van der Waals surface area contributed by atoms with E-state index in [9.17, 15) is 0 Å². The third-order valence-electron chi connectivity index (χ3n) is 2.12. The summed E-state index contributed by atoms with van der Waals surface area (Å²) in [5.41, 5.74) is 0.906. The fourth-order valence-electron chi connectivity index (χ4n) is 1.25. The molecule has 92 valence electrons. The average Bonchev–Trinajstić information content (AvgIpc) is 2.90. The van der Waals surface area contributed by atoms with Crippen LogP contribution in [0.25, 0.3) is 11.5 Å². The molecule has 0 saturated heterocycles. The van der Waals surface area contributed by atoms with Crippen molar-refractivity contribution >= 4 is 0 Å². The van der Waals surface area contributed by atoms with E-state index < -0.39 is 0 Å². The molecule has 2 rings (SSSR count). The number of rotatable bonds is 3. The number of aromatic nitrogens is 2. The monoisotopic (exact) mass is 234 g/mol. The zero-order valence-electron chi connectivity index (χ0n) is 10.7. The van der Waals surface area contributed by atoms with Gasteiger partial charge in [0.1, 0.15) is 5.75 Å². The molecule has 0 N–H and O–H groups in total. The van der Waals surface area contributed by atoms with E-state index in [4.69, 9.17) is 9.26 Å². The number of hydrogen-bond donors (Lipinski definition) is 0. The molecule has 17 heavy (non-hydrogen) atoms. The number of aryl methyl sites for hydroxylation is 1. The first kappa shape index (κ1) is 13.2. The Morgan fingerprint density at radius 3 is 2.29 bits per heavy atom. The zero-order chi connectivity index (χ0) is 12.7. The van der Waals surface area contributed by atoms with Gasteiger partial charge in [-0.05, 0) is 24.3 Å². The normalized spacial score (nSPS) is 9.41. The van der Waals surface area contributed by atoms with Gasteiger partial charge < -0.3 is 9.26 Å². The SMILES string of the molecule is CC.CCc1noc(-c2ccc(OC)cc2)n1. The molecule has 0 atom stereocenters. The van der Waals surface area contributed by atoms with E-state index in [1.54, 1.807) is 7.11 Å². The highest BCUT2D eigenvalue weighted by Gasteiger charge is 2.06. The Labute approximate surface area is 102 Å². The Bertz CT molecular complexity index is 435. The standard InChI is InChI=1S/C11H12N2O2.C2H6/c1-3-10-12-11(15-13-10)8-4-6-9(14-2)7-5-8;1-2/h4-7H,3H2,1-2H3;1-2H3. The largest absolute Gasteiger partial charge is 0.497 e. The molecule has 0 bridgehead atoms. The Hall–Kier alpha value is -1.84. The van der Waals surface area contributed by atoms with Crippen LogP contribution in [0.3, 0.4) is 0 Å². The number of hydrogen-bond acceptors (Lipinski definition) is 4. The first-order valence-corrected chi connectivity index (χ1v) is 5.80. The van der Waals surface area contributed by atoms with E-state index in [2.05, 4.69) is 10.1 Å². The topological polar surface area (TPSA) is 48.2 Å². The molecule has 0 aliphatic heterocycles. The van der Waals surface area contributed by atoms with Crippen LogP contribution in [0.4, 0.5) is 0 Å². The molecule has 0 spiro atoms. The minimum atomic E-state index is 0.550. The summed E-state index contributed by atoms with van der Waals surface area (Å²) >= 11 is 0. The van der Waals surface area contributed by atoms with Gasteiger partial charge in [0.2, 0.25) is 0 Å². The molecule has 1 heterocycles. The van der Waals surface area contributed by atoms with Gasteiger partial charge in [-0.15, -0.1) is 0 Å². The van der Waals surface area contributed by atoms with Crippen LogP contribution in [0.15, 0.2) is 28.8 Å². The number of ether oxygens (including phenoxy) is 1. The lowest BCUT2D eigenvalue weighted by Gasteiger charge is -1.98. The van der Waals surface area contributed by atoms with E-state index in [1.165, 1.54) is 0 Å². The second-order valence-corrected chi connectivity index (χ2v) is 3.10. The maximum absolute atomic E-state index is 5.11. The summed E-state index contributed by atoms with van der Waals surface area (Å²) in [6.45, 7) is 5.99. The number of benzene rings is 1. The van der Waals surface area contributed by atoms with E-state index in [1.807, 2.05) is 45.0 Å². The molecule has 4 nitrogen and oxygen atoms in total. The Kier molecular flexibility index (Phi) is 5.20. The van der Waals surface area contributed by atoms with Crippen LogP contribution in [-0.4, -0.2) is 17.3 Å². The van der Waals surface area contributed by atoms with Gasteiger partial charge in [0.15, 0.2) is 5.82 Å². The molecule has 4 heteroatoms. The van der Waals surface area contributed by atoms with Gasteiger partial charge in [0.25, 0.3) is 5.89 Å². The van der Waals surface area contributed by atoms with Crippen LogP contribution in [0.5, 0.6) is 5.75 Å². The van der Waals surface area contributed by atoms with E-state index in [0.717, 1.165) is 23.6 Å². The molecule has 0 fully saturated rings. The molecule has 0 saturated carbocycles. The minimum Gasteiger partial charge on any atom is -0.497 e. The smallest absolute Gasteiger partial charge is 0.257 e. The van der Waals surface area contributed by atoms with Crippen molar-refractivity contribution in [1.82, 2.24) is 10.1 Å². The van der Waals surface area contributed by atoms with Crippen LogP contribution in [0, 0.1) is 0 Å². The van der Waals surface area contributed by atoms with Crippen molar-refractivity contribution in [2.24, 2.45) is 0 Å². The molecule has 0 aliphatic carbocycles. The lowest BCUT2D eigenvalue weighted by Crippen LogP contribution is -1.84. The quantitative estimate of drug-likeness (QED) is 0.817. The molecular formula is C13H18N2O2. The average molecular weight is 234 g/mol. The van der Waals surface area contributed by atoms with Crippen LogP contribution >= 0.6 is 0 Å². The predicted octanol–water partition coefficient (Wildman–Crippen LogP) is 3.33. The first-order valence-electron chi connectivity index (χ1n) is 5.80. The highest BCUT2D eigenvalue weighted by atomic mass is 16.5. The lowest BCUT2D eigenvalue weighted by atomic mass is 10.2. The molecule has 0 radical (unpaired) electrons. The summed E-state index contributed by atoms with van der Waals surface area (Å²) in [7, 11) is 1.64. The summed E-state index contributed by atoms with van der Waals surface area (Å²) in [6, 6.07) is 7.52. The third-order valence-corrected chi connectivity index (χ3v) is 2.12. The van der Waals surface area contributed by atoms with Crippen LogP contribution in [0.1, 0.15) is 26.6 Å². The van der Waals surface area contributed by atoms with Gasteiger partial charge in [0.05, 0.1) is 7.11 Å². The van der Waals surface area contributed by atoms with Gasteiger partial charge in [-0.25, -0.2) is 0 Å². The molecule has 0 aliphatic rings. The van der Waals surface area contributed by atoms with E-state index in [-0.39, 0.29) is 0 Å². The zero-order valence-corrected chi connectivity index (χ0v) is 10.7. The molecule has 0 amide bonds. The maximum Gasteiger partial charge on any atom is 0.257 e. The summed E-state index contributed by atoms with van der Waals surface area (Å²) in [6.07, 6.45) is 0.777.